The number of aliphatic hydroxyl groups excluding tert-OH is 1. The zero-order valence-electron chi connectivity index (χ0n) is 19.2. The minimum Gasteiger partial charge on any atom is -0.450 e. The number of benzene rings is 1. The summed E-state index contributed by atoms with van der Waals surface area (Å²) in [6, 6.07) is 5.09. The van der Waals surface area contributed by atoms with Crippen molar-refractivity contribution in [3.8, 4) is 0 Å². The maximum atomic E-state index is 14.7. The first-order valence-electron chi connectivity index (χ1n) is 11.8. The number of carbonyl (C=O) groups excluding carboxylic acids is 2. The van der Waals surface area contributed by atoms with E-state index >= 15 is 0 Å². The van der Waals surface area contributed by atoms with Gasteiger partial charge in [-0.05, 0) is 44.7 Å². The van der Waals surface area contributed by atoms with Gasteiger partial charge in [0.25, 0.3) is 0 Å². The molecule has 0 unspecified atom stereocenters. The van der Waals surface area contributed by atoms with Gasteiger partial charge in [-0.2, -0.15) is 0 Å². The van der Waals surface area contributed by atoms with E-state index < -0.39 is 5.41 Å². The van der Waals surface area contributed by atoms with Gasteiger partial charge < -0.3 is 25.0 Å². The van der Waals surface area contributed by atoms with E-state index in [0.717, 1.165) is 18.5 Å². The Labute approximate surface area is 189 Å². The van der Waals surface area contributed by atoms with Crippen molar-refractivity contribution in [2.24, 2.45) is 0 Å². The Hall–Kier alpha value is -2.35. The number of likely N-dealkylation sites (N-methyl/N-ethyl adjacent to an activating group) is 1. The highest BCUT2D eigenvalue weighted by atomic mass is 19.1. The lowest BCUT2D eigenvalue weighted by Gasteiger charge is -2.35. The average molecular weight is 450 g/mol. The Balaban J connectivity index is 0.000000352. The molecule has 1 aromatic rings. The number of hydrogen-bond acceptors (Lipinski definition) is 5. The molecule has 1 saturated heterocycles. The van der Waals surface area contributed by atoms with Crippen LogP contribution in [0.15, 0.2) is 18.2 Å². The summed E-state index contributed by atoms with van der Waals surface area (Å²) in [5, 5.41) is 11.5. The van der Waals surface area contributed by atoms with Crippen molar-refractivity contribution in [1.82, 2.24) is 10.2 Å². The normalized spacial score (nSPS) is 20.1. The molecular formula is C24H36FN3O4. The molecule has 3 aliphatic rings. The van der Waals surface area contributed by atoms with Crippen molar-refractivity contribution in [3.05, 3.63) is 29.6 Å². The number of nitrogens with zero attached hydrogens (tertiary/aromatic N) is 2. The van der Waals surface area contributed by atoms with Crippen molar-refractivity contribution in [2.45, 2.75) is 63.4 Å². The molecule has 0 atom stereocenters. The second kappa shape index (κ2) is 11.0. The van der Waals surface area contributed by atoms with Gasteiger partial charge in [0, 0.05) is 44.5 Å². The Bertz CT molecular complexity index is 785. The van der Waals surface area contributed by atoms with E-state index in [4.69, 9.17) is 9.84 Å². The summed E-state index contributed by atoms with van der Waals surface area (Å²) >= 11 is 0. The van der Waals surface area contributed by atoms with Crippen LogP contribution >= 0.6 is 0 Å². The molecule has 1 aromatic carbocycles. The first kappa shape index (κ1) is 24.3. The minimum absolute atomic E-state index is 0.0359. The summed E-state index contributed by atoms with van der Waals surface area (Å²) in [5.74, 6) is -0.464. The number of nitrogens with one attached hydrogen (secondary N) is 1. The molecule has 2 saturated carbocycles. The van der Waals surface area contributed by atoms with Crippen LogP contribution in [0, 0.1) is 5.82 Å². The summed E-state index contributed by atoms with van der Waals surface area (Å²) in [6.07, 6.45) is 6.99. The number of piperazine rings is 1. The number of amides is 2. The number of carbonyl (C=O) groups is 2. The second-order valence-corrected chi connectivity index (χ2v) is 8.79. The molecule has 2 N–H and O–H groups in total. The molecule has 0 bridgehead atoms. The Morgan fingerprint density at radius 2 is 1.81 bits per heavy atom. The highest BCUT2D eigenvalue weighted by Gasteiger charge is 2.52. The van der Waals surface area contributed by atoms with Crippen molar-refractivity contribution in [3.63, 3.8) is 0 Å². The van der Waals surface area contributed by atoms with E-state index in [9.17, 15) is 14.0 Å². The summed E-state index contributed by atoms with van der Waals surface area (Å²) in [6.45, 7) is 4.48. The predicted molar refractivity (Wildman–Crippen MR) is 121 cm³/mol. The van der Waals surface area contributed by atoms with E-state index in [2.05, 4.69) is 5.32 Å². The third-order valence-electron chi connectivity index (χ3n) is 6.63. The fourth-order valence-electron chi connectivity index (χ4n) is 4.51. The lowest BCUT2D eigenvalue weighted by molar-refractivity contribution is -0.123. The molecule has 0 spiro atoms. The summed E-state index contributed by atoms with van der Waals surface area (Å²) < 4.78 is 19.7. The molecule has 0 radical (unpaired) electrons. The molecule has 0 aromatic heterocycles. The van der Waals surface area contributed by atoms with Gasteiger partial charge in [-0.3, -0.25) is 4.79 Å². The third kappa shape index (κ3) is 5.71. The van der Waals surface area contributed by atoms with Crippen LogP contribution in [0.5, 0.6) is 0 Å². The molecule has 3 fully saturated rings. The number of rotatable bonds is 4. The van der Waals surface area contributed by atoms with Crippen LogP contribution < -0.4 is 10.2 Å². The summed E-state index contributed by atoms with van der Waals surface area (Å²) in [5.41, 5.74) is 0.554. The Kier molecular flexibility index (Phi) is 8.34. The fraction of sp³-hybridized carbons (Fsp3) is 0.667. The number of halogens is 1. The van der Waals surface area contributed by atoms with E-state index in [1.165, 1.54) is 25.3 Å². The molecule has 1 heterocycles. The van der Waals surface area contributed by atoms with Crippen LogP contribution in [0.4, 0.5) is 14.9 Å². The Morgan fingerprint density at radius 3 is 2.28 bits per heavy atom. The zero-order valence-corrected chi connectivity index (χ0v) is 19.2. The Morgan fingerprint density at radius 1 is 1.16 bits per heavy atom. The largest absolute Gasteiger partial charge is 0.450 e. The van der Waals surface area contributed by atoms with Crippen molar-refractivity contribution in [2.75, 3.05) is 44.7 Å². The van der Waals surface area contributed by atoms with E-state index in [1.54, 1.807) is 24.9 Å². The topological polar surface area (TPSA) is 82.1 Å². The van der Waals surface area contributed by atoms with Gasteiger partial charge in [0.2, 0.25) is 5.91 Å². The first-order chi connectivity index (χ1) is 15.4. The maximum absolute atomic E-state index is 14.7. The summed E-state index contributed by atoms with van der Waals surface area (Å²) in [4.78, 5) is 27.5. The van der Waals surface area contributed by atoms with Crippen molar-refractivity contribution in [1.29, 1.82) is 0 Å². The van der Waals surface area contributed by atoms with Crippen LogP contribution in [0.2, 0.25) is 0 Å². The van der Waals surface area contributed by atoms with E-state index in [-0.39, 0.29) is 23.9 Å². The standard InChI is InChI=1S/C18H24FN3O3.C6H12O/c1-3-25-17(24)22-10-8-21(9-11-22)13-4-5-14(15(19)12-13)18(6-7-18)16(23)20-2;7-6-4-2-1-3-5-6/h4-5,12H,3,6-11H2,1-2H3,(H,20,23);6-7H,1-5H2. The molecule has 8 heteroatoms. The average Bonchev–Trinajstić information content (AvgIpc) is 3.61. The van der Waals surface area contributed by atoms with Crippen LogP contribution in [0.25, 0.3) is 0 Å². The van der Waals surface area contributed by atoms with Gasteiger partial charge in [0.1, 0.15) is 5.82 Å². The highest BCUT2D eigenvalue weighted by Crippen LogP contribution is 2.49. The van der Waals surface area contributed by atoms with E-state index in [0.29, 0.717) is 51.2 Å². The first-order valence-corrected chi connectivity index (χ1v) is 11.8. The molecule has 2 amide bonds. The maximum Gasteiger partial charge on any atom is 0.409 e. The van der Waals surface area contributed by atoms with Crippen LogP contribution in [0.3, 0.4) is 0 Å². The van der Waals surface area contributed by atoms with Crippen LogP contribution in [-0.2, 0) is 14.9 Å². The van der Waals surface area contributed by atoms with Gasteiger partial charge in [-0.15, -0.1) is 0 Å². The molecular weight excluding hydrogens is 413 g/mol. The number of ether oxygens (including phenoxy) is 1. The third-order valence-corrected chi connectivity index (χ3v) is 6.63. The molecule has 2 aliphatic carbocycles. The highest BCUT2D eigenvalue weighted by molar-refractivity contribution is 5.91. The fourth-order valence-corrected chi connectivity index (χ4v) is 4.51. The quantitative estimate of drug-likeness (QED) is 0.738. The van der Waals surface area contributed by atoms with Crippen molar-refractivity contribution < 1.29 is 23.8 Å². The molecule has 7 nitrogen and oxygen atoms in total. The number of hydrogen-bond donors (Lipinski definition) is 2. The van der Waals surface area contributed by atoms with Gasteiger partial charge in [-0.25, -0.2) is 9.18 Å². The van der Waals surface area contributed by atoms with Gasteiger partial charge in [-0.1, -0.05) is 25.3 Å². The molecule has 4 rings (SSSR count). The minimum atomic E-state index is -0.694. The number of anilines is 1. The lowest BCUT2D eigenvalue weighted by Crippen LogP contribution is -2.49. The van der Waals surface area contributed by atoms with Gasteiger partial charge in [0.15, 0.2) is 0 Å². The SMILES string of the molecule is CCOC(=O)N1CCN(c2ccc(C3(C(=O)NC)CC3)c(F)c2)CC1.OC1CCCCC1. The smallest absolute Gasteiger partial charge is 0.409 e. The number of aliphatic hydroxyl groups is 1. The van der Waals surface area contributed by atoms with Gasteiger partial charge in [0.05, 0.1) is 18.1 Å². The van der Waals surface area contributed by atoms with Crippen LogP contribution in [0.1, 0.15) is 57.4 Å². The van der Waals surface area contributed by atoms with E-state index in [1.807, 2.05) is 11.0 Å². The summed E-state index contributed by atoms with van der Waals surface area (Å²) in [7, 11) is 1.58. The molecule has 32 heavy (non-hydrogen) atoms. The predicted octanol–water partition coefficient (Wildman–Crippen LogP) is 3.19. The second-order valence-electron chi connectivity index (χ2n) is 8.79. The van der Waals surface area contributed by atoms with Gasteiger partial charge >= 0.3 is 6.09 Å². The zero-order chi connectivity index (χ0) is 23.1. The monoisotopic (exact) mass is 449 g/mol. The van der Waals surface area contributed by atoms with Crippen molar-refractivity contribution >= 4 is 17.7 Å². The molecule has 1 aliphatic heterocycles. The lowest BCUT2D eigenvalue weighted by atomic mass is 9.94. The van der Waals surface area contributed by atoms with Crippen LogP contribution in [-0.4, -0.2) is 67.9 Å². The molecule has 178 valence electrons.